The van der Waals surface area contributed by atoms with Gasteiger partial charge in [-0.15, -0.1) is 0 Å². The SMILES string of the molecule is N#Cc1ccc2cc(NCC(CNc3ccc4cc(C#N)ccc4c3)N=[N+]=[N-])ccc2c1. The van der Waals surface area contributed by atoms with E-state index in [0.717, 1.165) is 32.9 Å². The Morgan fingerprint density at radius 3 is 1.59 bits per heavy atom. The molecule has 0 spiro atoms. The van der Waals surface area contributed by atoms with Gasteiger partial charge in [0.1, 0.15) is 0 Å². The zero-order chi connectivity index (χ0) is 22.3. The number of nitrogens with one attached hydrogen (secondary N) is 2. The van der Waals surface area contributed by atoms with E-state index < -0.39 is 0 Å². The molecule has 0 heterocycles. The molecular formula is C25H19N7. The van der Waals surface area contributed by atoms with Crippen molar-refractivity contribution >= 4 is 32.9 Å². The van der Waals surface area contributed by atoms with Gasteiger partial charge in [0, 0.05) is 29.4 Å². The minimum Gasteiger partial charge on any atom is -0.385 e. The van der Waals surface area contributed by atoms with E-state index in [4.69, 9.17) is 16.1 Å². The minimum absolute atomic E-state index is 0.298. The molecule has 4 rings (SSSR count). The van der Waals surface area contributed by atoms with E-state index in [1.54, 1.807) is 12.1 Å². The van der Waals surface area contributed by atoms with Crippen LogP contribution in [0, 0.1) is 22.7 Å². The Balaban J connectivity index is 1.41. The van der Waals surface area contributed by atoms with Crippen LogP contribution in [-0.4, -0.2) is 19.1 Å². The number of azide groups is 1. The molecule has 0 aliphatic carbocycles. The zero-order valence-electron chi connectivity index (χ0n) is 17.2. The van der Waals surface area contributed by atoms with E-state index in [1.165, 1.54) is 0 Å². The Bertz CT molecular complexity index is 1320. The molecule has 0 aliphatic heterocycles. The lowest BCUT2D eigenvalue weighted by Gasteiger charge is -2.16. The van der Waals surface area contributed by atoms with Crippen LogP contribution in [0.4, 0.5) is 11.4 Å². The molecule has 0 atom stereocenters. The zero-order valence-corrected chi connectivity index (χ0v) is 17.2. The Hall–Kier alpha value is -4.71. The van der Waals surface area contributed by atoms with Crippen LogP contribution in [0.1, 0.15) is 11.1 Å². The van der Waals surface area contributed by atoms with E-state index in [1.807, 2.05) is 60.7 Å². The van der Waals surface area contributed by atoms with Crippen molar-refractivity contribution in [2.45, 2.75) is 6.04 Å². The molecule has 0 saturated heterocycles. The normalized spacial score (nSPS) is 10.3. The second kappa shape index (κ2) is 9.40. The molecule has 7 heteroatoms. The summed E-state index contributed by atoms with van der Waals surface area (Å²) in [6.45, 7) is 0.940. The number of nitriles is 2. The number of rotatable bonds is 7. The summed E-state index contributed by atoms with van der Waals surface area (Å²) in [5.74, 6) is 0. The van der Waals surface area contributed by atoms with Gasteiger partial charge in [-0.1, -0.05) is 29.4 Å². The summed E-state index contributed by atoms with van der Waals surface area (Å²) in [6, 6.07) is 27.0. The summed E-state index contributed by atoms with van der Waals surface area (Å²) < 4.78 is 0. The fraction of sp³-hybridized carbons (Fsp3) is 0.120. The quantitative estimate of drug-likeness (QED) is 0.219. The molecular weight excluding hydrogens is 398 g/mol. The van der Waals surface area contributed by atoms with Gasteiger partial charge in [-0.3, -0.25) is 0 Å². The molecule has 4 aromatic rings. The van der Waals surface area contributed by atoms with Crippen LogP contribution < -0.4 is 10.6 Å². The van der Waals surface area contributed by atoms with Crippen LogP contribution in [0.5, 0.6) is 0 Å². The Morgan fingerprint density at radius 2 is 1.16 bits per heavy atom. The lowest BCUT2D eigenvalue weighted by Crippen LogP contribution is -2.25. The first-order valence-corrected chi connectivity index (χ1v) is 10.1. The Kier molecular flexibility index (Phi) is 6.04. The summed E-state index contributed by atoms with van der Waals surface area (Å²) in [5.41, 5.74) is 12.1. The van der Waals surface area contributed by atoms with Gasteiger partial charge in [-0.25, -0.2) is 0 Å². The first-order valence-electron chi connectivity index (χ1n) is 10.1. The number of anilines is 2. The van der Waals surface area contributed by atoms with Crippen molar-refractivity contribution in [1.29, 1.82) is 10.5 Å². The van der Waals surface area contributed by atoms with Crippen molar-refractivity contribution in [2.75, 3.05) is 23.7 Å². The molecule has 0 fully saturated rings. The molecule has 0 bridgehead atoms. The lowest BCUT2D eigenvalue weighted by molar-refractivity contribution is 0.730. The molecule has 0 unspecified atom stereocenters. The maximum atomic E-state index is 9.03. The number of nitrogens with zero attached hydrogens (tertiary/aromatic N) is 5. The fourth-order valence-corrected chi connectivity index (χ4v) is 3.55. The van der Waals surface area contributed by atoms with Gasteiger partial charge in [0.05, 0.1) is 29.3 Å². The van der Waals surface area contributed by atoms with Gasteiger partial charge in [-0.05, 0) is 75.6 Å². The van der Waals surface area contributed by atoms with Crippen LogP contribution in [0.2, 0.25) is 0 Å². The predicted octanol–water partition coefficient (Wildman–Crippen LogP) is 5.94. The van der Waals surface area contributed by atoms with E-state index in [0.29, 0.717) is 24.2 Å². The average Bonchev–Trinajstić information content (AvgIpc) is 2.84. The number of fused-ring (bicyclic) bond motifs is 2. The van der Waals surface area contributed by atoms with Crippen molar-refractivity contribution in [3.05, 3.63) is 94.4 Å². The van der Waals surface area contributed by atoms with Gasteiger partial charge in [0.15, 0.2) is 0 Å². The molecule has 2 N–H and O–H groups in total. The minimum atomic E-state index is -0.298. The molecule has 154 valence electrons. The molecule has 7 nitrogen and oxygen atoms in total. The van der Waals surface area contributed by atoms with E-state index >= 15 is 0 Å². The van der Waals surface area contributed by atoms with Crippen LogP contribution in [-0.2, 0) is 0 Å². The highest BCUT2D eigenvalue weighted by molar-refractivity contribution is 5.87. The second-order valence-corrected chi connectivity index (χ2v) is 7.40. The monoisotopic (exact) mass is 417 g/mol. The molecule has 0 radical (unpaired) electrons. The lowest BCUT2D eigenvalue weighted by atomic mass is 10.1. The van der Waals surface area contributed by atoms with Crippen LogP contribution >= 0.6 is 0 Å². The van der Waals surface area contributed by atoms with E-state index in [-0.39, 0.29) is 6.04 Å². The molecule has 4 aromatic carbocycles. The van der Waals surface area contributed by atoms with Crippen LogP contribution in [0.15, 0.2) is 77.9 Å². The van der Waals surface area contributed by atoms with Gasteiger partial charge >= 0.3 is 0 Å². The molecule has 0 aliphatic rings. The smallest absolute Gasteiger partial charge is 0.0991 e. The van der Waals surface area contributed by atoms with E-state index in [9.17, 15) is 0 Å². The maximum absolute atomic E-state index is 9.03. The summed E-state index contributed by atoms with van der Waals surface area (Å²) >= 11 is 0. The summed E-state index contributed by atoms with van der Waals surface area (Å²) in [5, 5.41) is 32.7. The molecule has 0 amide bonds. The third-order valence-corrected chi connectivity index (χ3v) is 5.24. The largest absolute Gasteiger partial charge is 0.385 e. The number of hydrogen-bond acceptors (Lipinski definition) is 5. The maximum Gasteiger partial charge on any atom is 0.0991 e. The standard InChI is InChI=1S/C25H19N7/c26-13-17-1-3-21-11-23(7-5-19(21)9-17)29-15-25(31-32-28)16-30-24-8-6-20-10-18(14-27)2-4-22(20)12-24/h1-12,25,29-30H,15-16H2. The van der Waals surface area contributed by atoms with Gasteiger partial charge in [0.25, 0.3) is 0 Å². The third-order valence-electron chi connectivity index (χ3n) is 5.24. The first-order chi connectivity index (χ1) is 15.7. The predicted molar refractivity (Wildman–Crippen MR) is 127 cm³/mol. The third kappa shape index (κ3) is 4.71. The number of benzene rings is 4. The molecule has 32 heavy (non-hydrogen) atoms. The van der Waals surface area contributed by atoms with Crippen molar-refractivity contribution in [3.8, 4) is 12.1 Å². The van der Waals surface area contributed by atoms with Gasteiger partial charge in [0.2, 0.25) is 0 Å². The molecule has 0 aromatic heterocycles. The van der Waals surface area contributed by atoms with Crippen LogP contribution in [0.3, 0.4) is 0 Å². The van der Waals surface area contributed by atoms with Crippen molar-refractivity contribution < 1.29 is 0 Å². The highest BCUT2D eigenvalue weighted by Gasteiger charge is 2.08. The van der Waals surface area contributed by atoms with E-state index in [2.05, 4.69) is 32.8 Å². The van der Waals surface area contributed by atoms with Crippen LogP contribution in [0.25, 0.3) is 32.0 Å². The molecule has 0 saturated carbocycles. The van der Waals surface area contributed by atoms with Gasteiger partial charge in [-0.2, -0.15) is 10.5 Å². The highest BCUT2D eigenvalue weighted by Crippen LogP contribution is 2.22. The Labute approximate surface area is 185 Å². The second-order valence-electron chi connectivity index (χ2n) is 7.40. The highest BCUT2D eigenvalue weighted by atomic mass is 15.2. The summed E-state index contributed by atoms with van der Waals surface area (Å²) in [6.07, 6.45) is 0. The Morgan fingerprint density at radius 1 is 0.719 bits per heavy atom. The van der Waals surface area contributed by atoms with Crippen molar-refractivity contribution in [3.63, 3.8) is 0 Å². The van der Waals surface area contributed by atoms with Crippen molar-refractivity contribution in [2.24, 2.45) is 5.11 Å². The first kappa shape index (κ1) is 20.6. The average molecular weight is 417 g/mol. The summed E-state index contributed by atoms with van der Waals surface area (Å²) in [4.78, 5) is 2.98. The van der Waals surface area contributed by atoms with Crippen molar-refractivity contribution in [1.82, 2.24) is 0 Å². The van der Waals surface area contributed by atoms with Gasteiger partial charge < -0.3 is 10.6 Å². The fourth-order valence-electron chi connectivity index (χ4n) is 3.55. The summed E-state index contributed by atoms with van der Waals surface area (Å²) in [7, 11) is 0. The topological polar surface area (TPSA) is 120 Å². The number of hydrogen-bond donors (Lipinski definition) is 2.